The highest BCUT2D eigenvalue weighted by Gasteiger charge is 2.12. The Kier molecular flexibility index (Phi) is 3.21. The Hall–Kier alpha value is -1.52. The second kappa shape index (κ2) is 4.87. The predicted octanol–water partition coefficient (Wildman–Crippen LogP) is 5.08. The van der Waals surface area contributed by atoms with E-state index in [1.807, 2.05) is 37.3 Å². The lowest BCUT2D eigenvalue weighted by molar-refractivity contribution is 0.484. The fourth-order valence-corrected chi connectivity index (χ4v) is 2.48. The van der Waals surface area contributed by atoms with Gasteiger partial charge >= 0.3 is 0 Å². The van der Waals surface area contributed by atoms with E-state index < -0.39 is 0 Å². The lowest BCUT2D eigenvalue weighted by Crippen LogP contribution is -1.87. The standard InChI is InChI=1S/C14H10BrClN2O/c1-8-17-12-6-5-11(15)14(13(12)18-8)19-10-4-2-3-9(16)7-10/h2-7H,1H3,(H,17,18). The molecule has 0 aliphatic heterocycles. The Morgan fingerprint density at radius 2 is 2.11 bits per heavy atom. The Morgan fingerprint density at radius 1 is 1.26 bits per heavy atom. The van der Waals surface area contributed by atoms with E-state index in [1.54, 1.807) is 6.07 Å². The minimum absolute atomic E-state index is 0.638. The average molecular weight is 338 g/mol. The van der Waals surface area contributed by atoms with Gasteiger partial charge in [0.05, 0.1) is 9.99 Å². The summed E-state index contributed by atoms with van der Waals surface area (Å²) >= 11 is 9.45. The first-order chi connectivity index (χ1) is 9.13. The lowest BCUT2D eigenvalue weighted by Gasteiger charge is -2.08. The van der Waals surface area contributed by atoms with Crippen LogP contribution in [0.4, 0.5) is 0 Å². The van der Waals surface area contributed by atoms with Gasteiger partial charge in [-0.2, -0.15) is 0 Å². The van der Waals surface area contributed by atoms with E-state index in [-0.39, 0.29) is 0 Å². The number of benzene rings is 2. The van der Waals surface area contributed by atoms with E-state index in [2.05, 4.69) is 25.9 Å². The molecule has 5 heteroatoms. The number of aromatic amines is 1. The summed E-state index contributed by atoms with van der Waals surface area (Å²) in [6.07, 6.45) is 0. The molecule has 0 aliphatic carbocycles. The van der Waals surface area contributed by atoms with Gasteiger partial charge in [0.1, 0.15) is 17.1 Å². The van der Waals surface area contributed by atoms with Gasteiger partial charge < -0.3 is 9.72 Å². The van der Waals surface area contributed by atoms with Gasteiger partial charge in [-0.25, -0.2) is 4.98 Å². The van der Waals surface area contributed by atoms with E-state index in [4.69, 9.17) is 16.3 Å². The van der Waals surface area contributed by atoms with Crippen molar-refractivity contribution >= 4 is 38.6 Å². The number of aryl methyl sites for hydroxylation is 1. The van der Waals surface area contributed by atoms with Gasteiger partial charge in [-0.3, -0.25) is 0 Å². The van der Waals surface area contributed by atoms with Crippen LogP contribution in [0.1, 0.15) is 5.82 Å². The van der Waals surface area contributed by atoms with Crippen molar-refractivity contribution in [3.8, 4) is 11.5 Å². The van der Waals surface area contributed by atoms with Gasteiger partial charge in [0.15, 0.2) is 5.75 Å². The number of halogens is 2. The smallest absolute Gasteiger partial charge is 0.169 e. The van der Waals surface area contributed by atoms with Crippen LogP contribution >= 0.6 is 27.5 Å². The minimum Gasteiger partial charge on any atom is -0.454 e. The van der Waals surface area contributed by atoms with Crippen LogP contribution in [-0.2, 0) is 0 Å². The van der Waals surface area contributed by atoms with E-state index in [9.17, 15) is 0 Å². The largest absolute Gasteiger partial charge is 0.454 e. The molecule has 2 aromatic carbocycles. The predicted molar refractivity (Wildman–Crippen MR) is 80.1 cm³/mol. The van der Waals surface area contributed by atoms with E-state index >= 15 is 0 Å². The molecule has 0 amide bonds. The third-order valence-electron chi connectivity index (χ3n) is 2.69. The van der Waals surface area contributed by atoms with Crippen molar-refractivity contribution in [2.75, 3.05) is 0 Å². The maximum atomic E-state index is 5.96. The first kappa shape index (κ1) is 12.5. The molecule has 19 heavy (non-hydrogen) atoms. The molecule has 1 heterocycles. The molecular formula is C14H10BrClN2O. The monoisotopic (exact) mass is 336 g/mol. The first-order valence-electron chi connectivity index (χ1n) is 5.72. The van der Waals surface area contributed by atoms with Gasteiger partial charge in [0, 0.05) is 5.02 Å². The molecule has 1 aromatic heterocycles. The zero-order valence-electron chi connectivity index (χ0n) is 10.1. The van der Waals surface area contributed by atoms with Crippen molar-refractivity contribution in [2.45, 2.75) is 6.92 Å². The number of aromatic nitrogens is 2. The summed E-state index contributed by atoms with van der Waals surface area (Å²) in [5.41, 5.74) is 1.74. The molecule has 0 unspecified atom stereocenters. The second-order valence-corrected chi connectivity index (χ2v) is 5.45. The highest BCUT2D eigenvalue weighted by atomic mass is 79.9. The summed E-state index contributed by atoms with van der Waals surface area (Å²) in [4.78, 5) is 7.63. The van der Waals surface area contributed by atoms with Crippen LogP contribution in [0.25, 0.3) is 11.0 Å². The Balaban J connectivity index is 2.11. The van der Waals surface area contributed by atoms with E-state index in [0.29, 0.717) is 16.5 Å². The number of rotatable bonds is 2. The molecule has 96 valence electrons. The van der Waals surface area contributed by atoms with Crippen LogP contribution in [0.2, 0.25) is 5.02 Å². The highest BCUT2D eigenvalue weighted by molar-refractivity contribution is 9.10. The molecule has 3 rings (SSSR count). The number of imidazole rings is 1. The van der Waals surface area contributed by atoms with Crippen LogP contribution < -0.4 is 4.74 Å². The number of nitrogens with zero attached hydrogens (tertiary/aromatic N) is 1. The normalized spacial score (nSPS) is 10.9. The zero-order valence-corrected chi connectivity index (χ0v) is 12.4. The van der Waals surface area contributed by atoms with Gasteiger partial charge in [-0.15, -0.1) is 0 Å². The quantitative estimate of drug-likeness (QED) is 0.708. The number of nitrogens with one attached hydrogen (secondary N) is 1. The van der Waals surface area contributed by atoms with Gasteiger partial charge in [0.2, 0.25) is 0 Å². The van der Waals surface area contributed by atoms with Crippen molar-refractivity contribution in [3.05, 3.63) is 51.7 Å². The average Bonchev–Trinajstić information content (AvgIpc) is 2.74. The Bertz CT molecular complexity index is 754. The van der Waals surface area contributed by atoms with E-state index in [0.717, 1.165) is 21.3 Å². The van der Waals surface area contributed by atoms with Gasteiger partial charge in [-0.05, 0) is 53.2 Å². The fourth-order valence-electron chi connectivity index (χ4n) is 1.89. The third kappa shape index (κ3) is 2.46. The number of hydrogen-bond donors (Lipinski definition) is 1. The Labute approximate surface area is 123 Å². The number of hydrogen-bond acceptors (Lipinski definition) is 2. The zero-order chi connectivity index (χ0) is 13.4. The van der Waals surface area contributed by atoms with Crippen LogP contribution in [0.15, 0.2) is 40.9 Å². The maximum Gasteiger partial charge on any atom is 0.169 e. The topological polar surface area (TPSA) is 37.9 Å². The molecule has 0 aliphatic rings. The summed E-state index contributed by atoms with van der Waals surface area (Å²) < 4.78 is 6.76. The van der Waals surface area contributed by atoms with Crippen molar-refractivity contribution < 1.29 is 4.74 Å². The molecular weight excluding hydrogens is 328 g/mol. The SMILES string of the molecule is Cc1nc2c(Oc3cccc(Cl)c3)c(Br)ccc2[nH]1. The molecule has 1 N–H and O–H groups in total. The van der Waals surface area contributed by atoms with Crippen LogP contribution in [0, 0.1) is 6.92 Å². The number of fused-ring (bicyclic) bond motifs is 1. The molecule has 0 saturated carbocycles. The highest BCUT2D eigenvalue weighted by Crippen LogP contribution is 2.36. The molecule has 3 nitrogen and oxygen atoms in total. The third-order valence-corrected chi connectivity index (χ3v) is 3.55. The summed E-state index contributed by atoms with van der Waals surface area (Å²) in [6.45, 7) is 1.91. The van der Waals surface area contributed by atoms with Gasteiger partial charge in [0.25, 0.3) is 0 Å². The number of H-pyrrole nitrogens is 1. The molecule has 0 spiro atoms. The van der Waals surface area contributed by atoms with Crippen molar-refractivity contribution in [3.63, 3.8) is 0 Å². The molecule has 0 saturated heterocycles. The molecule has 0 atom stereocenters. The molecule has 0 fully saturated rings. The minimum atomic E-state index is 0.638. The first-order valence-corrected chi connectivity index (χ1v) is 6.89. The fraction of sp³-hybridized carbons (Fsp3) is 0.0714. The van der Waals surface area contributed by atoms with Crippen molar-refractivity contribution in [1.29, 1.82) is 0 Å². The molecule has 3 aromatic rings. The summed E-state index contributed by atoms with van der Waals surface area (Å²) in [7, 11) is 0. The lowest BCUT2D eigenvalue weighted by atomic mass is 10.3. The van der Waals surface area contributed by atoms with Crippen molar-refractivity contribution in [2.24, 2.45) is 0 Å². The van der Waals surface area contributed by atoms with Crippen LogP contribution in [0.5, 0.6) is 11.5 Å². The van der Waals surface area contributed by atoms with Crippen LogP contribution in [-0.4, -0.2) is 9.97 Å². The maximum absolute atomic E-state index is 5.96. The molecule has 0 bridgehead atoms. The van der Waals surface area contributed by atoms with Crippen LogP contribution in [0.3, 0.4) is 0 Å². The summed E-state index contributed by atoms with van der Waals surface area (Å²) in [5.74, 6) is 2.22. The van der Waals surface area contributed by atoms with E-state index in [1.165, 1.54) is 0 Å². The Morgan fingerprint density at radius 3 is 2.89 bits per heavy atom. The van der Waals surface area contributed by atoms with Gasteiger partial charge in [-0.1, -0.05) is 17.7 Å². The summed E-state index contributed by atoms with van der Waals surface area (Å²) in [5, 5.41) is 0.638. The molecule has 0 radical (unpaired) electrons. The van der Waals surface area contributed by atoms with Crippen molar-refractivity contribution in [1.82, 2.24) is 9.97 Å². The number of ether oxygens (including phenoxy) is 1. The second-order valence-electron chi connectivity index (χ2n) is 4.15. The summed E-state index contributed by atoms with van der Waals surface area (Å²) in [6, 6.07) is 11.2.